The number of aromatic hydroxyl groups is 1. The summed E-state index contributed by atoms with van der Waals surface area (Å²) in [6, 6.07) is 12.7. The zero-order valence-electron chi connectivity index (χ0n) is 8.40. The van der Waals surface area contributed by atoms with Crippen LogP contribution in [0.15, 0.2) is 47.3 Å². The van der Waals surface area contributed by atoms with Gasteiger partial charge < -0.3 is 10.1 Å². The molecule has 16 heavy (non-hydrogen) atoms. The molecule has 0 saturated carbocycles. The Balaban J connectivity index is 2.65. The summed E-state index contributed by atoms with van der Waals surface area (Å²) in [6.07, 6.45) is 0. The lowest BCUT2D eigenvalue weighted by Crippen LogP contribution is -2.03. The molecule has 0 atom stereocenters. The fourth-order valence-corrected chi connectivity index (χ4v) is 1.98. The van der Waals surface area contributed by atoms with E-state index < -0.39 is 0 Å². The van der Waals surface area contributed by atoms with Crippen molar-refractivity contribution < 1.29 is 5.11 Å². The van der Waals surface area contributed by atoms with Crippen LogP contribution in [0.3, 0.4) is 0 Å². The fraction of sp³-hybridized carbons (Fsp3) is 0. The summed E-state index contributed by atoms with van der Waals surface area (Å²) >= 11 is 0. The fourth-order valence-electron chi connectivity index (χ4n) is 1.98. The number of hydrogen-bond acceptors (Lipinski definition) is 2. The number of fused-ring (bicyclic) bond motifs is 3. The Hall–Kier alpha value is -2.29. The average molecular weight is 211 g/mol. The van der Waals surface area contributed by atoms with Gasteiger partial charge in [0.15, 0.2) is 0 Å². The van der Waals surface area contributed by atoms with Crippen molar-refractivity contribution in [1.82, 2.24) is 4.98 Å². The minimum Gasteiger partial charge on any atom is -0.507 e. The van der Waals surface area contributed by atoms with Crippen molar-refractivity contribution in [2.45, 2.75) is 0 Å². The smallest absolute Gasteiger partial charge is 0.252 e. The topological polar surface area (TPSA) is 53.1 Å². The zero-order valence-corrected chi connectivity index (χ0v) is 8.40. The molecule has 1 heterocycles. The molecule has 3 heteroatoms. The summed E-state index contributed by atoms with van der Waals surface area (Å²) in [5.74, 6) is 0.0181. The summed E-state index contributed by atoms with van der Waals surface area (Å²) in [6.45, 7) is 0. The highest BCUT2D eigenvalue weighted by molar-refractivity contribution is 6.06. The van der Waals surface area contributed by atoms with Crippen molar-refractivity contribution >= 4 is 21.7 Å². The van der Waals surface area contributed by atoms with Crippen LogP contribution in [0, 0.1) is 0 Å². The molecule has 0 fully saturated rings. The van der Waals surface area contributed by atoms with Gasteiger partial charge in [-0.25, -0.2) is 0 Å². The summed E-state index contributed by atoms with van der Waals surface area (Å²) < 4.78 is 0. The Morgan fingerprint density at radius 3 is 2.69 bits per heavy atom. The van der Waals surface area contributed by atoms with Gasteiger partial charge in [0, 0.05) is 16.8 Å². The maximum absolute atomic E-state index is 11.3. The molecule has 0 aliphatic heterocycles. The maximum atomic E-state index is 11.3. The molecule has 0 radical (unpaired) electrons. The lowest BCUT2D eigenvalue weighted by Gasteiger charge is -2.04. The Labute approximate surface area is 91.0 Å². The second-order valence-electron chi connectivity index (χ2n) is 3.73. The normalized spacial score (nSPS) is 11.0. The Morgan fingerprint density at radius 2 is 1.81 bits per heavy atom. The van der Waals surface area contributed by atoms with Crippen molar-refractivity contribution in [2.75, 3.05) is 0 Å². The van der Waals surface area contributed by atoms with Gasteiger partial charge in [-0.2, -0.15) is 0 Å². The SMILES string of the molecule is O=c1cc(O)c2ccc3ccccc3c2[nH]1. The van der Waals surface area contributed by atoms with E-state index >= 15 is 0 Å². The van der Waals surface area contributed by atoms with Gasteiger partial charge >= 0.3 is 0 Å². The quantitative estimate of drug-likeness (QED) is 0.561. The number of aromatic amines is 1. The lowest BCUT2D eigenvalue weighted by atomic mass is 10.1. The van der Waals surface area contributed by atoms with Gasteiger partial charge in [0.2, 0.25) is 0 Å². The van der Waals surface area contributed by atoms with Crippen molar-refractivity contribution in [3.05, 3.63) is 52.8 Å². The second kappa shape index (κ2) is 3.10. The molecule has 3 nitrogen and oxygen atoms in total. The third-order valence-electron chi connectivity index (χ3n) is 2.72. The van der Waals surface area contributed by atoms with Gasteiger partial charge in [-0.05, 0) is 11.5 Å². The van der Waals surface area contributed by atoms with Crippen molar-refractivity contribution in [3.8, 4) is 5.75 Å². The molecular weight excluding hydrogens is 202 g/mol. The van der Waals surface area contributed by atoms with Crippen LogP contribution in [-0.4, -0.2) is 10.1 Å². The third-order valence-corrected chi connectivity index (χ3v) is 2.72. The van der Waals surface area contributed by atoms with Crippen molar-refractivity contribution in [2.24, 2.45) is 0 Å². The monoisotopic (exact) mass is 211 g/mol. The van der Waals surface area contributed by atoms with Gasteiger partial charge in [-0.1, -0.05) is 30.3 Å². The van der Waals surface area contributed by atoms with Crippen LogP contribution >= 0.6 is 0 Å². The minimum atomic E-state index is -0.290. The molecule has 3 aromatic rings. The highest BCUT2D eigenvalue weighted by Gasteiger charge is 2.04. The van der Waals surface area contributed by atoms with Crippen LogP contribution in [0.25, 0.3) is 21.7 Å². The van der Waals surface area contributed by atoms with E-state index in [0.717, 1.165) is 10.8 Å². The third kappa shape index (κ3) is 1.18. The van der Waals surface area contributed by atoms with Crippen LogP contribution in [0.2, 0.25) is 0 Å². The molecule has 78 valence electrons. The first-order valence-electron chi connectivity index (χ1n) is 4.99. The molecule has 2 aromatic carbocycles. The Bertz CT molecular complexity index is 744. The number of benzene rings is 2. The molecular formula is C13H9NO2. The van der Waals surface area contributed by atoms with E-state index in [1.807, 2.05) is 36.4 Å². The largest absolute Gasteiger partial charge is 0.507 e. The second-order valence-corrected chi connectivity index (χ2v) is 3.73. The lowest BCUT2D eigenvalue weighted by molar-refractivity contribution is 0.480. The van der Waals surface area contributed by atoms with E-state index in [-0.39, 0.29) is 11.3 Å². The average Bonchev–Trinajstić information content (AvgIpc) is 2.28. The molecule has 0 saturated heterocycles. The minimum absolute atomic E-state index is 0.0181. The van der Waals surface area contributed by atoms with Crippen LogP contribution in [0.4, 0.5) is 0 Å². The first kappa shape index (κ1) is 8.97. The van der Waals surface area contributed by atoms with Gasteiger partial charge in [-0.3, -0.25) is 4.79 Å². The van der Waals surface area contributed by atoms with Crippen LogP contribution in [0.5, 0.6) is 5.75 Å². The summed E-state index contributed by atoms with van der Waals surface area (Å²) in [7, 11) is 0. The zero-order chi connectivity index (χ0) is 11.1. The Morgan fingerprint density at radius 1 is 1.00 bits per heavy atom. The number of aromatic nitrogens is 1. The summed E-state index contributed by atoms with van der Waals surface area (Å²) in [4.78, 5) is 14.1. The molecule has 2 N–H and O–H groups in total. The van der Waals surface area contributed by atoms with Gasteiger partial charge in [0.25, 0.3) is 5.56 Å². The van der Waals surface area contributed by atoms with E-state index in [1.165, 1.54) is 6.07 Å². The highest BCUT2D eigenvalue weighted by atomic mass is 16.3. The van der Waals surface area contributed by atoms with E-state index in [9.17, 15) is 9.90 Å². The first-order valence-corrected chi connectivity index (χ1v) is 4.99. The molecule has 0 aliphatic rings. The van der Waals surface area contributed by atoms with E-state index in [2.05, 4.69) is 4.98 Å². The number of rotatable bonds is 0. The molecule has 1 aromatic heterocycles. The maximum Gasteiger partial charge on any atom is 0.252 e. The first-order chi connectivity index (χ1) is 7.75. The van der Waals surface area contributed by atoms with Crippen molar-refractivity contribution in [1.29, 1.82) is 0 Å². The predicted molar refractivity (Wildman–Crippen MR) is 63.7 cm³/mol. The highest BCUT2D eigenvalue weighted by Crippen LogP contribution is 2.27. The number of nitrogens with one attached hydrogen (secondary N) is 1. The predicted octanol–water partition coefficient (Wildman–Crippen LogP) is 2.39. The number of hydrogen-bond donors (Lipinski definition) is 2. The number of H-pyrrole nitrogens is 1. The molecule has 0 aliphatic carbocycles. The molecule has 3 rings (SSSR count). The van der Waals surface area contributed by atoms with E-state index in [1.54, 1.807) is 0 Å². The van der Waals surface area contributed by atoms with Crippen LogP contribution in [-0.2, 0) is 0 Å². The summed E-state index contributed by atoms with van der Waals surface area (Å²) in [5.41, 5.74) is 0.393. The van der Waals surface area contributed by atoms with E-state index in [0.29, 0.717) is 10.9 Å². The molecule has 0 bridgehead atoms. The Kier molecular flexibility index (Phi) is 1.74. The molecule has 0 spiro atoms. The van der Waals surface area contributed by atoms with Gasteiger partial charge in [-0.15, -0.1) is 0 Å². The molecule has 0 unspecified atom stereocenters. The van der Waals surface area contributed by atoms with E-state index in [4.69, 9.17) is 0 Å². The standard InChI is InChI=1S/C13H9NO2/c15-11-7-12(16)14-13-9-4-2-1-3-8(9)5-6-10(11)13/h1-7H,(H2,14,15,16). The summed E-state index contributed by atoms with van der Waals surface area (Å²) in [5, 5.41) is 12.3. The molecule has 0 amide bonds. The van der Waals surface area contributed by atoms with Gasteiger partial charge in [0.1, 0.15) is 5.75 Å². The van der Waals surface area contributed by atoms with Crippen LogP contribution in [0.1, 0.15) is 0 Å². The van der Waals surface area contributed by atoms with Crippen LogP contribution < -0.4 is 5.56 Å². The van der Waals surface area contributed by atoms with Crippen molar-refractivity contribution in [3.63, 3.8) is 0 Å². The van der Waals surface area contributed by atoms with Gasteiger partial charge in [0.05, 0.1) is 5.52 Å². The number of pyridine rings is 1.